The summed E-state index contributed by atoms with van der Waals surface area (Å²) in [6.07, 6.45) is -3.16. The maximum atomic E-state index is 12.4. The molecule has 1 saturated carbocycles. The Bertz CT molecular complexity index is 250. The molecule has 7 heteroatoms. The van der Waals surface area contributed by atoms with Crippen molar-refractivity contribution in [2.45, 2.75) is 50.9 Å². The molecule has 1 amide bonds. The lowest BCUT2D eigenvalue weighted by atomic mass is 9.85. The van der Waals surface area contributed by atoms with E-state index in [1.54, 1.807) is 6.92 Å². The van der Waals surface area contributed by atoms with Crippen LogP contribution in [0.25, 0.3) is 0 Å². The van der Waals surface area contributed by atoms with Crippen molar-refractivity contribution in [3.8, 4) is 0 Å². The topological polar surface area (TPSA) is 55.1 Å². The van der Waals surface area contributed by atoms with Crippen LogP contribution in [0.4, 0.5) is 13.2 Å². The maximum absolute atomic E-state index is 12.4. The van der Waals surface area contributed by atoms with E-state index in [4.69, 9.17) is 5.73 Å². The van der Waals surface area contributed by atoms with Gasteiger partial charge in [0.2, 0.25) is 5.91 Å². The van der Waals surface area contributed by atoms with Crippen molar-refractivity contribution in [1.82, 2.24) is 5.32 Å². The van der Waals surface area contributed by atoms with E-state index >= 15 is 0 Å². The number of carbonyl (C=O) groups excluding carboxylic acids is 1. The monoisotopic (exact) mass is 274 g/mol. The molecule has 0 aromatic heterocycles. The molecule has 1 aliphatic carbocycles. The second-order valence-electron chi connectivity index (χ2n) is 4.39. The summed E-state index contributed by atoms with van der Waals surface area (Å²) in [4.78, 5) is 11.2. The summed E-state index contributed by atoms with van der Waals surface area (Å²) >= 11 is 0. The predicted molar refractivity (Wildman–Crippen MR) is 60.8 cm³/mol. The van der Waals surface area contributed by atoms with Crippen LogP contribution in [0.15, 0.2) is 0 Å². The highest BCUT2D eigenvalue weighted by atomic mass is 35.5. The van der Waals surface area contributed by atoms with Crippen LogP contribution in [0.2, 0.25) is 0 Å². The van der Waals surface area contributed by atoms with Crippen LogP contribution in [0.5, 0.6) is 0 Å². The number of hydrogen-bond donors (Lipinski definition) is 2. The van der Waals surface area contributed by atoms with E-state index in [0.717, 1.165) is 0 Å². The van der Waals surface area contributed by atoms with Crippen LogP contribution in [0.3, 0.4) is 0 Å². The smallest absolute Gasteiger partial charge is 0.352 e. The summed E-state index contributed by atoms with van der Waals surface area (Å²) in [5, 5.41) is 2.66. The first-order chi connectivity index (χ1) is 7.30. The van der Waals surface area contributed by atoms with Crippen molar-refractivity contribution in [3.63, 3.8) is 0 Å². The van der Waals surface area contributed by atoms with Crippen molar-refractivity contribution in [2.24, 2.45) is 11.7 Å². The fourth-order valence-corrected chi connectivity index (χ4v) is 1.90. The molecular weight excluding hydrogens is 257 g/mol. The van der Waals surface area contributed by atoms with Crippen molar-refractivity contribution in [1.29, 1.82) is 0 Å². The summed E-state index contributed by atoms with van der Waals surface area (Å²) in [5.74, 6) is -1.51. The third-order valence-electron chi connectivity index (χ3n) is 2.95. The van der Waals surface area contributed by atoms with Crippen molar-refractivity contribution in [2.75, 3.05) is 0 Å². The average molecular weight is 275 g/mol. The first kappa shape index (κ1) is 16.5. The zero-order valence-corrected chi connectivity index (χ0v) is 10.4. The molecule has 0 saturated heterocycles. The minimum absolute atomic E-state index is 0. The Morgan fingerprint density at radius 2 is 1.76 bits per heavy atom. The van der Waals surface area contributed by atoms with E-state index in [1.165, 1.54) is 0 Å². The van der Waals surface area contributed by atoms with Crippen LogP contribution >= 0.6 is 12.4 Å². The predicted octanol–water partition coefficient (Wildman–Crippen LogP) is 1.99. The van der Waals surface area contributed by atoms with Gasteiger partial charge in [-0.15, -0.1) is 12.4 Å². The number of amides is 1. The van der Waals surface area contributed by atoms with Gasteiger partial charge in [0.25, 0.3) is 0 Å². The Morgan fingerprint density at radius 3 is 2.12 bits per heavy atom. The van der Waals surface area contributed by atoms with Gasteiger partial charge in [-0.2, -0.15) is 13.2 Å². The molecule has 0 bridgehead atoms. The minimum atomic E-state index is -4.10. The highest BCUT2D eigenvalue weighted by Crippen LogP contribution is 2.37. The fourth-order valence-electron chi connectivity index (χ4n) is 1.90. The van der Waals surface area contributed by atoms with Crippen LogP contribution in [-0.2, 0) is 4.79 Å². The molecule has 1 aliphatic rings. The highest BCUT2D eigenvalue weighted by Gasteiger charge is 2.41. The van der Waals surface area contributed by atoms with Gasteiger partial charge in [-0.3, -0.25) is 4.79 Å². The van der Waals surface area contributed by atoms with E-state index in [1.807, 2.05) is 0 Å². The third kappa shape index (κ3) is 5.12. The van der Waals surface area contributed by atoms with Gasteiger partial charge in [0, 0.05) is 6.04 Å². The molecule has 0 spiro atoms. The molecule has 0 unspecified atom stereocenters. The Kier molecular flexibility index (Phi) is 6.26. The van der Waals surface area contributed by atoms with Gasteiger partial charge in [0.15, 0.2) is 0 Å². The standard InChI is InChI=1S/C10H17F3N2O.ClH/c1-6(14)9(16)15-8-4-2-7(3-5-8)10(11,12)13;/h6-8H,2-5,14H2,1H3,(H,15,16);1H/t6-,7?,8?;/m0./s1. The van der Waals surface area contributed by atoms with Crippen LogP contribution < -0.4 is 11.1 Å². The fraction of sp³-hybridized carbons (Fsp3) is 0.900. The molecule has 1 atom stereocenters. The van der Waals surface area contributed by atoms with Crippen LogP contribution in [0, 0.1) is 5.92 Å². The Hall–Kier alpha value is -0.490. The largest absolute Gasteiger partial charge is 0.391 e. The molecule has 3 nitrogen and oxygen atoms in total. The van der Waals surface area contributed by atoms with E-state index in [9.17, 15) is 18.0 Å². The average Bonchev–Trinajstić information content (AvgIpc) is 2.17. The zero-order valence-electron chi connectivity index (χ0n) is 9.59. The van der Waals surface area contributed by atoms with Crippen LogP contribution in [0.1, 0.15) is 32.6 Å². The van der Waals surface area contributed by atoms with Gasteiger partial charge in [0.05, 0.1) is 12.0 Å². The SMILES string of the molecule is C[C@H](N)C(=O)NC1CCC(C(F)(F)F)CC1.Cl. The number of hydrogen-bond acceptors (Lipinski definition) is 2. The van der Waals surface area contributed by atoms with Gasteiger partial charge >= 0.3 is 6.18 Å². The quantitative estimate of drug-likeness (QED) is 0.809. The number of rotatable bonds is 2. The lowest BCUT2D eigenvalue weighted by Crippen LogP contribution is -2.46. The summed E-state index contributed by atoms with van der Waals surface area (Å²) < 4.78 is 37.1. The second-order valence-corrected chi connectivity index (χ2v) is 4.39. The second kappa shape index (κ2) is 6.44. The number of nitrogens with one attached hydrogen (secondary N) is 1. The molecule has 1 rings (SSSR count). The van der Waals surface area contributed by atoms with E-state index < -0.39 is 18.1 Å². The summed E-state index contributed by atoms with van der Waals surface area (Å²) in [6, 6.07) is -0.766. The number of nitrogens with two attached hydrogens (primary N) is 1. The van der Waals surface area contributed by atoms with Gasteiger partial charge < -0.3 is 11.1 Å². The Morgan fingerprint density at radius 1 is 1.29 bits per heavy atom. The molecular formula is C10H18ClF3N2O. The third-order valence-corrected chi connectivity index (χ3v) is 2.95. The van der Waals surface area contributed by atoms with Gasteiger partial charge in [-0.25, -0.2) is 0 Å². The summed E-state index contributed by atoms with van der Waals surface area (Å²) in [5.41, 5.74) is 5.36. The zero-order chi connectivity index (χ0) is 12.3. The molecule has 0 aromatic carbocycles. The van der Waals surface area contributed by atoms with Crippen molar-refractivity contribution in [3.05, 3.63) is 0 Å². The summed E-state index contributed by atoms with van der Waals surface area (Å²) in [6.45, 7) is 1.55. The lowest BCUT2D eigenvalue weighted by Gasteiger charge is -2.30. The lowest BCUT2D eigenvalue weighted by molar-refractivity contribution is -0.182. The molecule has 102 valence electrons. The van der Waals surface area contributed by atoms with Gasteiger partial charge in [0.1, 0.15) is 0 Å². The molecule has 3 N–H and O–H groups in total. The Balaban J connectivity index is 0.00000256. The molecule has 1 fully saturated rings. The van der Waals surface area contributed by atoms with E-state index in [-0.39, 0.29) is 37.2 Å². The molecule has 0 heterocycles. The first-order valence-electron chi connectivity index (χ1n) is 5.43. The van der Waals surface area contributed by atoms with E-state index in [0.29, 0.717) is 12.8 Å². The van der Waals surface area contributed by atoms with Crippen molar-refractivity contribution >= 4 is 18.3 Å². The van der Waals surface area contributed by atoms with Gasteiger partial charge in [-0.1, -0.05) is 0 Å². The van der Waals surface area contributed by atoms with Gasteiger partial charge in [-0.05, 0) is 32.6 Å². The first-order valence-corrected chi connectivity index (χ1v) is 5.43. The number of alkyl halides is 3. The van der Waals surface area contributed by atoms with Crippen LogP contribution in [-0.4, -0.2) is 24.2 Å². The normalized spacial score (nSPS) is 26.9. The van der Waals surface area contributed by atoms with Crippen molar-refractivity contribution < 1.29 is 18.0 Å². The summed E-state index contributed by atoms with van der Waals surface area (Å²) in [7, 11) is 0. The molecule has 17 heavy (non-hydrogen) atoms. The minimum Gasteiger partial charge on any atom is -0.352 e. The highest BCUT2D eigenvalue weighted by molar-refractivity contribution is 5.85. The number of carbonyl (C=O) groups is 1. The molecule has 0 radical (unpaired) electrons. The maximum Gasteiger partial charge on any atom is 0.391 e. The van der Waals surface area contributed by atoms with E-state index in [2.05, 4.69) is 5.32 Å². The molecule has 0 aromatic rings. The number of halogens is 4. The molecule has 0 aliphatic heterocycles. The Labute approximate surface area is 105 Å².